The number of nitrogens with one attached hydrogen (secondary N) is 1. The number of ether oxygens (including phenoxy) is 1. The molecule has 0 aliphatic heterocycles. The van der Waals surface area contributed by atoms with Crippen molar-refractivity contribution in [1.29, 1.82) is 0 Å². The molecule has 3 heteroatoms. The van der Waals surface area contributed by atoms with Gasteiger partial charge in [-0.15, -0.1) is 0 Å². The Morgan fingerprint density at radius 2 is 1.89 bits per heavy atom. The van der Waals surface area contributed by atoms with E-state index in [0.29, 0.717) is 12.5 Å². The summed E-state index contributed by atoms with van der Waals surface area (Å²) in [7, 11) is 4.16. The van der Waals surface area contributed by atoms with Gasteiger partial charge in [0.05, 0.1) is 0 Å². The summed E-state index contributed by atoms with van der Waals surface area (Å²) in [4.78, 5) is 2.17. The summed E-state index contributed by atoms with van der Waals surface area (Å²) in [6.45, 7) is 10.2. The van der Waals surface area contributed by atoms with Gasteiger partial charge in [0.25, 0.3) is 0 Å². The number of aryl methyl sites for hydroxylation is 1. The highest BCUT2D eigenvalue weighted by molar-refractivity contribution is 5.35. The van der Waals surface area contributed by atoms with Crippen molar-refractivity contribution in [1.82, 2.24) is 10.2 Å². The standard InChI is InChI=1S/C16H28N2O/c1-13(2)15-10-14(3)11-16(12-15)19-9-7-17-6-8-18(4)5/h10-13,17H,6-9H2,1-5H3. The lowest BCUT2D eigenvalue weighted by atomic mass is 10.0. The molecular formula is C16H28N2O. The summed E-state index contributed by atoms with van der Waals surface area (Å²) in [5.41, 5.74) is 2.61. The molecule has 0 radical (unpaired) electrons. The number of likely N-dealkylation sites (N-methyl/N-ethyl adjacent to an activating group) is 1. The fourth-order valence-electron chi connectivity index (χ4n) is 1.86. The zero-order valence-electron chi connectivity index (χ0n) is 13.0. The van der Waals surface area contributed by atoms with Crippen LogP contribution in [0.25, 0.3) is 0 Å². The van der Waals surface area contributed by atoms with Crippen LogP contribution in [0.15, 0.2) is 18.2 Å². The highest BCUT2D eigenvalue weighted by Gasteiger charge is 2.03. The first-order chi connectivity index (χ1) is 8.99. The van der Waals surface area contributed by atoms with Crippen LogP contribution in [0.4, 0.5) is 0 Å². The minimum Gasteiger partial charge on any atom is -0.492 e. The van der Waals surface area contributed by atoms with E-state index in [9.17, 15) is 0 Å². The quantitative estimate of drug-likeness (QED) is 0.731. The summed E-state index contributed by atoms with van der Waals surface area (Å²) >= 11 is 0. The predicted octanol–water partition coefficient (Wildman–Crippen LogP) is 2.65. The highest BCUT2D eigenvalue weighted by atomic mass is 16.5. The predicted molar refractivity (Wildman–Crippen MR) is 82.2 cm³/mol. The van der Waals surface area contributed by atoms with E-state index >= 15 is 0 Å². The summed E-state index contributed by atoms with van der Waals surface area (Å²) < 4.78 is 5.81. The van der Waals surface area contributed by atoms with E-state index in [2.05, 4.69) is 63.3 Å². The van der Waals surface area contributed by atoms with E-state index in [1.165, 1.54) is 11.1 Å². The van der Waals surface area contributed by atoms with Gasteiger partial charge in [-0.25, -0.2) is 0 Å². The Kier molecular flexibility index (Phi) is 6.89. The maximum absolute atomic E-state index is 5.81. The van der Waals surface area contributed by atoms with Gasteiger partial charge in [0.1, 0.15) is 12.4 Å². The topological polar surface area (TPSA) is 24.5 Å². The summed E-state index contributed by atoms with van der Waals surface area (Å²) in [6.07, 6.45) is 0. The molecule has 0 atom stereocenters. The zero-order chi connectivity index (χ0) is 14.3. The number of hydrogen-bond acceptors (Lipinski definition) is 3. The van der Waals surface area contributed by atoms with Gasteiger partial charge in [-0.3, -0.25) is 0 Å². The molecule has 0 aliphatic rings. The second-order valence-corrected chi connectivity index (χ2v) is 5.64. The van der Waals surface area contributed by atoms with Crippen LogP contribution in [0.2, 0.25) is 0 Å². The molecule has 3 nitrogen and oxygen atoms in total. The van der Waals surface area contributed by atoms with E-state index in [1.807, 2.05) is 0 Å². The molecule has 1 N–H and O–H groups in total. The SMILES string of the molecule is Cc1cc(OCCNCCN(C)C)cc(C(C)C)c1. The van der Waals surface area contributed by atoms with Crippen molar-refractivity contribution in [3.8, 4) is 5.75 Å². The third-order valence-corrected chi connectivity index (χ3v) is 3.02. The first-order valence-electron chi connectivity index (χ1n) is 7.09. The Bertz CT molecular complexity index is 375. The third-order valence-electron chi connectivity index (χ3n) is 3.02. The van der Waals surface area contributed by atoms with Crippen LogP contribution < -0.4 is 10.1 Å². The number of nitrogens with zero attached hydrogens (tertiary/aromatic N) is 1. The van der Waals surface area contributed by atoms with Gasteiger partial charge >= 0.3 is 0 Å². The fourth-order valence-corrected chi connectivity index (χ4v) is 1.86. The normalized spacial score (nSPS) is 11.3. The van der Waals surface area contributed by atoms with Crippen LogP contribution in [0.5, 0.6) is 5.75 Å². The molecular weight excluding hydrogens is 236 g/mol. The monoisotopic (exact) mass is 264 g/mol. The molecule has 0 heterocycles. The molecule has 0 saturated heterocycles. The zero-order valence-corrected chi connectivity index (χ0v) is 13.0. The molecule has 0 aliphatic carbocycles. The molecule has 108 valence electrons. The summed E-state index contributed by atoms with van der Waals surface area (Å²) in [6, 6.07) is 6.48. The lowest BCUT2D eigenvalue weighted by molar-refractivity contribution is 0.308. The fraction of sp³-hybridized carbons (Fsp3) is 0.625. The van der Waals surface area contributed by atoms with Gasteiger partial charge in [-0.2, -0.15) is 0 Å². The van der Waals surface area contributed by atoms with Crippen molar-refractivity contribution >= 4 is 0 Å². The Morgan fingerprint density at radius 1 is 1.16 bits per heavy atom. The van der Waals surface area contributed by atoms with Gasteiger partial charge in [-0.05, 0) is 50.2 Å². The molecule has 0 fully saturated rings. The average molecular weight is 264 g/mol. The molecule has 0 spiro atoms. The number of hydrogen-bond donors (Lipinski definition) is 1. The largest absolute Gasteiger partial charge is 0.492 e. The maximum atomic E-state index is 5.81. The average Bonchev–Trinajstić information content (AvgIpc) is 2.32. The van der Waals surface area contributed by atoms with Gasteiger partial charge < -0.3 is 15.0 Å². The Labute approximate surface area is 118 Å². The van der Waals surface area contributed by atoms with Gasteiger partial charge in [-0.1, -0.05) is 19.9 Å². The van der Waals surface area contributed by atoms with Crippen LogP contribution in [0.3, 0.4) is 0 Å². The van der Waals surface area contributed by atoms with Crippen molar-refractivity contribution in [2.45, 2.75) is 26.7 Å². The third kappa shape index (κ3) is 6.60. The molecule has 1 aromatic carbocycles. The molecule has 1 rings (SSSR count). The van der Waals surface area contributed by atoms with Crippen molar-refractivity contribution in [3.63, 3.8) is 0 Å². The van der Waals surface area contributed by atoms with E-state index < -0.39 is 0 Å². The molecule has 19 heavy (non-hydrogen) atoms. The molecule has 0 aromatic heterocycles. The van der Waals surface area contributed by atoms with Crippen LogP contribution in [0, 0.1) is 6.92 Å². The van der Waals surface area contributed by atoms with Crippen LogP contribution in [-0.4, -0.2) is 45.2 Å². The Balaban J connectivity index is 2.33. The first-order valence-corrected chi connectivity index (χ1v) is 7.09. The van der Waals surface area contributed by atoms with Crippen molar-refractivity contribution in [2.24, 2.45) is 0 Å². The molecule has 0 amide bonds. The van der Waals surface area contributed by atoms with Crippen molar-refractivity contribution < 1.29 is 4.74 Å². The molecule has 1 aromatic rings. The second kappa shape index (κ2) is 8.18. The van der Waals surface area contributed by atoms with Gasteiger partial charge in [0, 0.05) is 19.6 Å². The second-order valence-electron chi connectivity index (χ2n) is 5.64. The molecule has 0 saturated carbocycles. The maximum Gasteiger partial charge on any atom is 0.119 e. The summed E-state index contributed by atoms with van der Waals surface area (Å²) in [5, 5.41) is 3.37. The number of rotatable bonds is 8. The van der Waals surface area contributed by atoms with E-state index in [-0.39, 0.29) is 0 Å². The highest BCUT2D eigenvalue weighted by Crippen LogP contribution is 2.22. The Hall–Kier alpha value is -1.06. The lowest BCUT2D eigenvalue weighted by Crippen LogP contribution is -2.29. The molecule has 0 unspecified atom stereocenters. The van der Waals surface area contributed by atoms with Gasteiger partial charge in [0.2, 0.25) is 0 Å². The minimum absolute atomic E-state index is 0.542. The van der Waals surface area contributed by atoms with E-state index in [4.69, 9.17) is 4.74 Å². The van der Waals surface area contributed by atoms with Crippen LogP contribution in [-0.2, 0) is 0 Å². The summed E-state index contributed by atoms with van der Waals surface area (Å²) in [5.74, 6) is 1.53. The smallest absolute Gasteiger partial charge is 0.119 e. The first kappa shape index (κ1) is 16.0. The minimum atomic E-state index is 0.542. The van der Waals surface area contributed by atoms with Crippen molar-refractivity contribution in [2.75, 3.05) is 40.3 Å². The molecule has 0 bridgehead atoms. The van der Waals surface area contributed by atoms with Crippen LogP contribution in [0.1, 0.15) is 30.9 Å². The van der Waals surface area contributed by atoms with E-state index in [0.717, 1.165) is 25.4 Å². The van der Waals surface area contributed by atoms with Crippen molar-refractivity contribution in [3.05, 3.63) is 29.3 Å². The Morgan fingerprint density at radius 3 is 2.53 bits per heavy atom. The van der Waals surface area contributed by atoms with Gasteiger partial charge in [0.15, 0.2) is 0 Å². The van der Waals surface area contributed by atoms with Crippen LogP contribution >= 0.6 is 0 Å². The number of benzene rings is 1. The van der Waals surface area contributed by atoms with E-state index in [1.54, 1.807) is 0 Å². The lowest BCUT2D eigenvalue weighted by Gasteiger charge is -2.13.